The molecule has 0 aliphatic heterocycles. The predicted octanol–water partition coefficient (Wildman–Crippen LogP) is 3.59. The lowest BCUT2D eigenvalue weighted by Crippen LogP contribution is -2.15. The highest BCUT2D eigenvalue weighted by Gasteiger charge is 2.34. The number of methoxy groups -OCH3 is 1. The molecule has 0 fully saturated rings. The van der Waals surface area contributed by atoms with E-state index < -0.39 is 11.7 Å². The van der Waals surface area contributed by atoms with E-state index in [9.17, 15) is 13.2 Å². The van der Waals surface area contributed by atoms with Gasteiger partial charge in [-0.15, -0.1) is 0 Å². The lowest BCUT2D eigenvalue weighted by molar-refractivity contribution is -0.0931. The molecule has 0 radical (unpaired) electrons. The van der Waals surface area contributed by atoms with Crippen molar-refractivity contribution < 1.29 is 17.9 Å². The lowest BCUT2D eigenvalue weighted by Gasteiger charge is -2.19. The summed E-state index contributed by atoms with van der Waals surface area (Å²) in [6.07, 6.45) is -2.52. The number of rotatable bonds is 1. The van der Waals surface area contributed by atoms with Gasteiger partial charge < -0.3 is 4.74 Å². The molecule has 0 aromatic heterocycles. The van der Waals surface area contributed by atoms with Crippen LogP contribution in [0.5, 0.6) is 5.75 Å². The molecule has 0 N–H and O–H groups in total. The molecular formula is C12H11F3O. The van der Waals surface area contributed by atoms with E-state index in [4.69, 9.17) is 4.74 Å². The van der Waals surface area contributed by atoms with Gasteiger partial charge in [-0.2, -0.15) is 13.2 Å². The van der Waals surface area contributed by atoms with Crippen LogP contribution in [-0.4, -0.2) is 13.3 Å². The number of ether oxygens (including phenoxy) is 1. The summed E-state index contributed by atoms with van der Waals surface area (Å²) >= 11 is 0. The Kier molecular flexibility index (Phi) is 2.66. The number of hydrogen-bond acceptors (Lipinski definition) is 1. The Morgan fingerprint density at radius 1 is 1.19 bits per heavy atom. The summed E-state index contributed by atoms with van der Waals surface area (Å²) < 4.78 is 42.5. The van der Waals surface area contributed by atoms with Crippen molar-refractivity contribution in [2.45, 2.75) is 19.0 Å². The quantitative estimate of drug-likeness (QED) is 0.713. The van der Waals surface area contributed by atoms with Crippen LogP contribution >= 0.6 is 0 Å². The summed E-state index contributed by atoms with van der Waals surface area (Å²) in [4.78, 5) is 0. The van der Waals surface area contributed by atoms with Gasteiger partial charge in [0, 0.05) is 5.57 Å². The Labute approximate surface area is 91.5 Å². The Morgan fingerprint density at radius 2 is 1.94 bits per heavy atom. The molecule has 16 heavy (non-hydrogen) atoms. The lowest BCUT2D eigenvalue weighted by atomic mass is 9.92. The zero-order chi connectivity index (χ0) is 11.8. The van der Waals surface area contributed by atoms with E-state index in [1.54, 1.807) is 12.1 Å². The molecule has 1 nitrogen and oxygen atoms in total. The van der Waals surface area contributed by atoms with Crippen molar-refractivity contribution in [3.63, 3.8) is 0 Å². The van der Waals surface area contributed by atoms with Crippen LogP contribution in [0.15, 0.2) is 23.8 Å². The zero-order valence-corrected chi connectivity index (χ0v) is 8.77. The summed E-state index contributed by atoms with van der Waals surface area (Å²) in [6, 6.07) is 5.23. The maximum absolute atomic E-state index is 12.5. The van der Waals surface area contributed by atoms with E-state index in [0.717, 1.165) is 5.56 Å². The van der Waals surface area contributed by atoms with E-state index in [-0.39, 0.29) is 6.42 Å². The summed E-state index contributed by atoms with van der Waals surface area (Å²) in [5, 5.41) is 0. The monoisotopic (exact) mass is 228 g/mol. The van der Waals surface area contributed by atoms with Crippen molar-refractivity contribution in [2.75, 3.05) is 7.11 Å². The molecule has 2 rings (SSSR count). The second kappa shape index (κ2) is 3.85. The van der Waals surface area contributed by atoms with Gasteiger partial charge in [-0.3, -0.25) is 0 Å². The minimum absolute atomic E-state index is 0.0584. The first-order chi connectivity index (χ1) is 7.50. The molecule has 0 saturated carbocycles. The maximum atomic E-state index is 12.5. The summed E-state index contributed by atoms with van der Waals surface area (Å²) in [5.41, 5.74) is 1.08. The summed E-state index contributed by atoms with van der Waals surface area (Å²) in [5.74, 6) is 0.582. The van der Waals surface area contributed by atoms with Crippen molar-refractivity contribution in [3.05, 3.63) is 34.9 Å². The number of alkyl halides is 3. The van der Waals surface area contributed by atoms with E-state index in [0.29, 0.717) is 17.7 Å². The average Bonchev–Trinajstić information content (AvgIpc) is 2.26. The average molecular weight is 228 g/mol. The molecule has 0 bridgehead atoms. The molecule has 1 aromatic carbocycles. The SMILES string of the molecule is COc1ccc2c(c1)C=C(C(F)(F)F)CC2. The van der Waals surface area contributed by atoms with E-state index in [2.05, 4.69) is 0 Å². The van der Waals surface area contributed by atoms with Crippen LogP contribution in [0.3, 0.4) is 0 Å². The molecule has 0 amide bonds. The summed E-state index contributed by atoms with van der Waals surface area (Å²) in [6.45, 7) is 0. The fraction of sp³-hybridized carbons (Fsp3) is 0.333. The van der Waals surface area contributed by atoms with Gasteiger partial charge in [0.1, 0.15) is 5.75 Å². The third-order valence-corrected chi connectivity index (χ3v) is 2.71. The summed E-state index contributed by atoms with van der Waals surface area (Å²) in [7, 11) is 1.50. The molecule has 0 heterocycles. The number of aryl methyl sites for hydroxylation is 1. The smallest absolute Gasteiger partial charge is 0.412 e. The van der Waals surface area contributed by atoms with Gasteiger partial charge in [-0.05, 0) is 42.2 Å². The van der Waals surface area contributed by atoms with Crippen molar-refractivity contribution >= 4 is 6.08 Å². The van der Waals surface area contributed by atoms with Crippen LogP contribution in [0.4, 0.5) is 13.2 Å². The standard InChI is InChI=1S/C12H11F3O/c1-16-11-5-3-8-2-4-10(12(13,14)15)6-9(8)7-11/h3,5-7H,2,4H2,1H3. The third kappa shape index (κ3) is 2.05. The van der Waals surface area contributed by atoms with Crippen molar-refractivity contribution in [1.82, 2.24) is 0 Å². The Bertz CT molecular complexity index is 432. The van der Waals surface area contributed by atoms with Crippen molar-refractivity contribution in [2.24, 2.45) is 0 Å². The van der Waals surface area contributed by atoms with Gasteiger partial charge in [0.2, 0.25) is 0 Å². The first kappa shape index (κ1) is 11.0. The number of benzene rings is 1. The topological polar surface area (TPSA) is 9.23 Å². The fourth-order valence-electron chi connectivity index (χ4n) is 1.81. The van der Waals surface area contributed by atoms with E-state index >= 15 is 0 Å². The Morgan fingerprint density at radius 3 is 2.56 bits per heavy atom. The molecule has 4 heteroatoms. The van der Waals surface area contributed by atoms with Crippen molar-refractivity contribution in [3.8, 4) is 5.75 Å². The van der Waals surface area contributed by atoms with Gasteiger partial charge in [0.15, 0.2) is 0 Å². The number of hydrogen-bond donors (Lipinski definition) is 0. The van der Waals surface area contributed by atoms with Gasteiger partial charge in [0.05, 0.1) is 7.11 Å². The Balaban J connectivity index is 2.41. The van der Waals surface area contributed by atoms with E-state index in [1.807, 2.05) is 6.07 Å². The second-order valence-electron chi connectivity index (χ2n) is 3.73. The third-order valence-electron chi connectivity index (χ3n) is 2.71. The molecule has 1 aromatic rings. The van der Waals surface area contributed by atoms with Crippen LogP contribution in [0, 0.1) is 0 Å². The molecule has 0 atom stereocenters. The zero-order valence-electron chi connectivity index (χ0n) is 8.77. The van der Waals surface area contributed by atoms with Gasteiger partial charge in [0.25, 0.3) is 0 Å². The molecule has 1 aliphatic rings. The Hall–Kier alpha value is -1.45. The maximum Gasteiger partial charge on any atom is 0.412 e. The van der Waals surface area contributed by atoms with Gasteiger partial charge >= 0.3 is 6.18 Å². The highest BCUT2D eigenvalue weighted by Crippen LogP contribution is 2.36. The van der Waals surface area contributed by atoms with Gasteiger partial charge in [-0.1, -0.05) is 6.07 Å². The fourth-order valence-corrected chi connectivity index (χ4v) is 1.81. The van der Waals surface area contributed by atoms with Crippen LogP contribution in [-0.2, 0) is 6.42 Å². The molecular weight excluding hydrogens is 217 g/mol. The normalized spacial score (nSPS) is 15.4. The highest BCUT2D eigenvalue weighted by molar-refractivity contribution is 5.62. The number of allylic oxidation sites excluding steroid dienone is 1. The number of halogens is 3. The van der Waals surface area contributed by atoms with Crippen molar-refractivity contribution in [1.29, 1.82) is 0 Å². The number of fused-ring (bicyclic) bond motifs is 1. The van der Waals surface area contributed by atoms with Crippen LogP contribution in [0.25, 0.3) is 6.08 Å². The molecule has 0 unspecified atom stereocenters. The second-order valence-corrected chi connectivity index (χ2v) is 3.73. The molecule has 0 spiro atoms. The van der Waals surface area contributed by atoms with Crippen LogP contribution in [0.2, 0.25) is 0 Å². The first-order valence-electron chi connectivity index (χ1n) is 4.95. The molecule has 0 saturated heterocycles. The van der Waals surface area contributed by atoms with Crippen LogP contribution in [0.1, 0.15) is 17.5 Å². The largest absolute Gasteiger partial charge is 0.497 e. The van der Waals surface area contributed by atoms with E-state index in [1.165, 1.54) is 13.2 Å². The minimum atomic E-state index is -4.22. The predicted molar refractivity (Wildman–Crippen MR) is 55.3 cm³/mol. The first-order valence-corrected chi connectivity index (χ1v) is 4.95. The van der Waals surface area contributed by atoms with Gasteiger partial charge in [-0.25, -0.2) is 0 Å². The molecule has 1 aliphatic carbocycles. The highest BCUT2D eigenvalue weighted by atomic mass is 19.4. The van der Waals surface area contributed by atoms with Crippen LogP contribution < -0.4 is 4.74 Å². The molecule has 86 valence electrons. The minimum Gasteiger partial charge on any atom is -0.497 e.